The largest absolute Gasteiger partial charge is 0.493 e. The van der Waals surface area contributed by atoms with Crippen molar-refractivity contribution in [2.75, 3.05) is 32.7 Å². The molecule has 2 heterocycles. The van der Waals surface area contributed by atoms with E-state index in [2.05, 4.69) is 15.5 Å². The number of sulfonamides is 1. The van der Waals surface area contributed by atoms with Crippen molar-refractivity contribution >= 4 is 22.1 Å². The van der Waals surface area contributed by atoms with Gasteiger partial charge in [0.25, 0.3) is 0 Å². The molecule has 28 heavy (non-hydrogen) atoms. The molecule has 150 valence electrons. The lowest BCUT2D eigenvalue weighted by molar-refractivity contribution is 0.346. The van der Waals surface area contributed by atoms with Crippen LogP contribution in [0.3, 0.4) is 0 Å². The van der Waals surface area contributed by atoms with E-state index in [0.717, 1.165) is 24.8 Å². The summed E-state index contributed by atoms with van der Waals surface area (Å²) in [4.78, 5) is 4.35. The maximum atomic E-state index is 12.6. The van der Waals surface area contributed by atoms with Crippen molar-refractivity contribution < 1.29 is 17.9 Å². The molecule has 0 unspecified atom stereocenters. The zero-order valence-corrected chi connectivity index (χ0v) is 16.8. The number of piperidine rings is 1. The van der Waals surface area contributed by atoms with E-state index in [4.69, 9.17) is 9.47 Å². The standard InChI is InChI=1S/C19H24N4O4S/c1-26-17-8-6-15(12-18(17)27-2)13-21-22-19-9-7-16(14-20-19)28(24,25)23-10-4-3-5-11-23/h6-9,12-14H,3-5,10-11H2,1-2H3,(H,20,22)/b21-13+. The van der Waals surface area contributed by atoms with E-state index < -0.39 is 10.0 Å². The Labute approximate surface area is 165 Å². The highest BCUT2D eigenvalue weighted by Crippen LogP contribution is 2.27. The van der Waals surface area contributed by atoms with Crippen molar-refractivity contribution in [3.05, 3.63) is 42.1 Å². The molecule has 2 aromatic rings. The minimum absolute atomic E-state index is 0.198. The second-order valence-electron chi connectivity index (χ2n) is 6.33. The third kappa shape index (κ3) is 4.60. The third-order valence-electron chi connectivity index (χ3n) is 4.49. The van der Waals surface area contributed by atoms with Gasteiger partial charge in [-0.25, -0.2) is 13.4 Å². The molecule has 0 bridgehead atoms. The Hall–Kier alpha value is -2.65. The van der Waals surface area contributed by atoms with Crippen LogP contribution in [0.5, 0.6) is 11.5 Å². The highest BCUT2D eigenvalue weighted by atomic mass is 32.2. The normalized spacial score (nSPS) is 15.5. The average molecular weight is 404 g/mol. The van der Waals surface area contributed by atoms with Crippen molar-refractivity contribution in [2.24, 2.45) is 5.10 Å². The molecule has 0 aliphatic carbocycles. The van der Waals surface area contributed by atoms with Gasteiger partial charge in [-0.05, 0) is 48.7 Å². The van der Waals surface area contributed by atoms with Gasteiger partial charge in [0.15, 0.2) is 11.5 Å². The lowest BCUT2D eigenvalue weighted by atomic mass is 10.2. The Balaban J connectivity index is 1.65. The minimum atomic E-state index is -3.48. The smallest absolute Gasteiger partial charge is 0.244 e. The first-order valence-corrected chi connectivity index (χ1v) is 10.5. The molecule has 1 aliphatic rings. The van der Waals surface area contributed by atoms with Gasteiger partial charge in [-0.1, -0.05) is 6.42 Å². The van der Waals surface area contributed by atoms with Crippen LogP contribution in [0.25, 0.3) is 0 Å². The van der Waals surface area contributed by atoms with Gasteiger partial charge < -0.3 is 9.47 Å². The van der Waals surface area contributed by atoms with E-state index in [1.54, 1.807) is 44.7 Å². The molecule has 0 spiro atoms. The van der Waals surface area contributed by atoms with E-state index >= 15 is 0 Å². The van der Waals surface area contributed by atoms with Crippen LogP contribution in [0.2, 0.25) is 0 Å². The number of nitrogens with one attached hydrogen (secondary N) is 1. The van der Waals surface area contributed by atoms with Gasteiger partial charge in [-0.15, -0.1) is 0 Å². The third-order valence-corrected chi connectivity index (χ3v) is 6.37. The molecule has 3 rings (SSSR count). The lowest BCUT2D eigenvalue weighted by Gasteiger charge is -2.25. The predicted molar refractivity (Wildman–Crippen MR) is 108 cm³/mol. The highest BCUT2D eigenvalue weighted by molar-refractivity contribution is 7.89. The molecule has 1 aromatic heterocycles. The van der Waals surface area contributed by atoms with Gasteiger partial charge in [0.05, 0.1) is 20.4 Å². The number of hydrogen-bond acceptors (Lipinski definition) is 7. The summed E-state index contributed by atoms with van der Waals surface area (Å²) in [5.74, 6) is 1.70. The fraction of sp³-hybridized carbons (Fsp3) is 0.368. The first kappa shape index (κ1) is 20.1. The predicted octanol–water partition coefficient (Wildman–Crippen LogP) is 2.72. The zero-order valence-electron chi connectivity index (χ0n) is 16.0. The zero-order chi connectivity index (χ0) is 20.0. The number of hydrazone groups is 1. The Morgan fingerprint density at radius 1 is 1.07 bits per heavy atom. The number of anilines is 1. The number of nitrogens with zero attached hydrogens (tertiary/aromatic N) is 3. The van der Waals surface area contributed by atoms with Gasteiger partial charge in [0.2, 0.25) is 10.0 Å². The molecule has 1 N–H and O–H groups in total. The minimum Gasteiger partial charge on any atom is -0.493 e. The Morgan fingerprint density at radius 3 is 2.46 bits per heavy atom. The van der Waals surface area contributed by atoms with Crippen LogP contribution >= 0.6 is 0 Å². The van der Waals surface area contributed by atoms with Gasteiger partial charge >= 0.3 is 0 Å². The Kier molecular flexibility index (Phi) is 6.48. The summed E-state index contributed by atoms with van der Waals surface area (Å²) in [5, 5.41) is 4.13. The highest BCUT2D eigenvalue weighted by Gasteiger charge is 2.26. The fourth-order valence-corrected chi connectivity index (χ4v) is 4.42. The number of ether oxygens (including phenoxy) is 2. The summed E-state index contributed by atoms with van der Waals surface area (Å²) in [6, 6.07) is 8.58. The van der Waals surface area contributed by atoms with E-state index in [1.807, 2.05) is 6.07 Å². The fourth-order valence-electron chi connectivity index (χ4n) is 2.96. The number of pyridine rings is 1. The number of hydrogen-bond donors (Lipinski definition) is 1. The van der Waals surface area contributed by atoms with Crippen LogP contribution in [0.4, 0.5) is 5.82 Å². The van der Waals surface area contributed by atoms with Crippen molar-refractivity contribution in [3.8, 4) is 11.5 Å². The molecule has 0 amide bonds. The SMILES string of the molecule is COc1ccc(/C=N/Nc2ccc(S(=O)(=O)N3CCCCC3)cn2)cc1OC. The molecular formula is C19H24N4O4S. The van der Waals surface area contributed by atoms with Gasteiger partial charge in [-0.2, -0.15) is 9.41 Å². The molecule has 0 saturated carbocycles. The maximum absolute atomic E-state index is 12.6. The average Bonchev–Trinajstić information content (AvgIpc) is 2.74. The van der Waals surface area contributed by atoms with Crippen LogP contribution in [0.1, 0.15) is 24.8 Å². The van der Waals surface area contributed by atoms with Crippen molar-refractivity contribution in [1.82, 2.24) is 9.29 Å². The van der Waals surface area contributed by atoms with Crippen molar-refractivity contribution in [1.29, 1.82) is 0 Å². The van der Waals surface area contributed by atoms with Crippen LogP contribution < -0.4 is 14.9 Å². The topological polar surface area (TPSA) is 93.1 Å². The summed E-state index contributed by atoms with van der Waals surface area (Å²) in [6.07, 6.45) is 5.85. The molecule has 1 saturated heterocycles. The molecule has 1 fully saturated rings. The molecule has 1 aliphatic heterocycles. The number of methoxy groups -OCH3 is 2. The molecule has 9 heteroatoms. The van der Waals surface area contributed by atoms with Crippen LogP contribution in [0, 0.1) is 0 Å². The number of benzene rings is 1. The summed E-state index contributed by atoms with van der Waals surface area (Å²) < 4.78 is 37.2. The molecule has 1 aromatic carbocycles. The van der Waals surface area contributed by atoms with Crippen LogP contribution in [-0.4, -0.2) is 51.2 Å². The molecule has 0 atom stereocenters. The van der Waals surface area contributed by atoms with E-state index in [9.17, 15) is 8.42 Å². The van der Waals surface area contributed by atoms with Gasteiger partial charge in [-0.3, -0.25) is 5.43 Å². The second-order valence-corrected chi connectivity index (χ2v) is 8.27. The Bertz CT molecular complexity index is 923. The summed E-state index contributed by atoms with van der Waals surface area (Å²) in [6.45, 7) is 1.13. The Morgan fingerprint density at radius 2 is 1.82 bits per heavy atom. The maximum Gasteiger partial charge on any atom is 0.244 e. The molecule has 8 nitrogen and oxygen atoms in total. The van der Waals surface area contributed by atoms with Crippen molar-refractivity contribution in [2.45, 2.75) is 24.2 Å². The molecule has 0 radical (unpaired) electrons. The number of rotatable bonds is 7. The van der Waals surface area contributed by atoms with Gasteiger partial charge in [0.1, 0.15) is 10.7 Å². The first-order chi connectivity index (χ1) is 13.5. The van der Waals surface area contributed by atoms with Gasteiger partial charge in [0, 0.05) is 19.3 Å². The summed E-state index contributed by atoms with van der Waals surface area (Å²) in [7, 11) is -0.330. The lowest BCUT2D eigenvalue weighted by Crippen LogP contribution is -2.35. The molecular weight excluding hydrogens is 380 g/mol. The summed E-state index contributed by atoms with van der Waals surface area (Å²) >= 11 is 0. The quantitative estimate of drug-likeness (QED) is 0.563. The van der Waals surface area contributed by atoms with E-state index in [-0.39, 0.29) is 4.90 Å². The second kappa shape index (κ2) is 9.03. The van der Waals surface area contributed by atoms with Crippen LogP contribution in [0.15, 0.2) is 46.5 Å². The first-order valence-electron chi connectivity index (χ1n) is 9.02. The van der Waals surface area contributed by atoms with E-state index in [1.165, 1.54) is 10.5 Å². The van der Waals surface area contributed by atoms with Crippen LogP contribution in [-0.2, 0) is 10.0 Å². The number of aromatic nitrogens is 1. The summed E-state index contributed by atoms with van der Waals surface area (Å²) in [5.41, 5.74) is 3.61. The van der Waals surface area contributed by atoms with Crippen molar-refractivity contribution in [3.63, 3.8) is 0 Å². The monoisotopic (exact) mass is 404 g/mol. The van der Waals surface area contributed by atoms with E-state index in [0.29, 0.717) is 30.4 Å².